The van der Waals surface area contributed by atoms with Crippen molar-refractivity contribution in [3.63, 3.8) is 0 Å². The van der Waals surface area contributed by atoms with Gasteiger partial charge in [0.25, 0.3) is 11.5 Å². The lowest BCUT2D eigenvalue weighted by molar-refractivity contribution is 0.0780. The summed E-state index contributed by atoms with van der Waals surface area (Å²) in [5.41, 5.74) is 1.74. The number of carbonyl (C=O) groups excluding carboxylic acids is 1. The zero-order valence-electron chi connectivity index (χ0n) is 18.7. The molecule has 0 atom stereocenters. The molecule has 4 aromatic rings. The maximum atomic E-state index is 13.0. The Morgan fingerprint density at radius 3 is 2.58 bits per heavy atom. The Hall–Kier alpha value is -3.52. The Morgan fingerprint density at radius 1 is 1.12 bits per heavy atom. The minimum atomic E-state index is -0.979. The molecule has 3 heterocycles. The van der Waals surface area contributed by atoms with E-state index in [1.807, 2.05) is 36.4 Å². The van der Waals surface area contributed by atoms with Crippen molar-refractivity contribution in [2.75, 3.05) is 0 Å². The third-order valence-electron chi connectivity index (χ3n) is 6.64. The van der Waals surface area contributed by atoms with Gasteiger partial charge >= 0.3 is 0 Å². The number of fused-ring (bicyclic) bond motifs is 2. The van der Waals surface area contributed by atoms with E-state index in [1.165, 1.54) is 0 Å². The molecular weight excluding hydrogens is 418 g/mol. The number of carbonyl (C=O) groups is 1. The van der Waals surface area contributed by atoms with E-state index >= 15 is 0 Å². The highest BCUT2D eigenvalue weighted by Crippen LogP contribution is 2.34. The molecule has 1 saturated carbocycles. The number of hydrogen-bond donors (Lipinski definition) is 3. The fourth-order valence-electron chi connectivity index (χ4n) is 4.74. The molecule has 0 aliphatic heterocycles. The molecule has 0 unspecified atom stereocenters. The second-order valence-electron chi connectivity index (χ2n) is 9.37. The fourth-order valence-corrected chi connectivity index (χ4v) is 4.74. The molecule has 1 aliphatic carbocycles. The van der Waals surface area contributed by atoms with Gasteiger partial charge in [-0.15, -0.1) is 0 Å². The van der Waals surface area contributed by atoms with Gasteiger partial charge in [0.2, 0.25) is 0 Å². The van der Waals surface area contributed by atoms with Gasteiger partial charge in [-0.2, -0.15) is 10.2 Å². The second kappa shape index (κ2) is 8.12. The normalized spacial score (nSPS) is 19.1. The SMILES string of the molecule is CC(C)(O)c1ccc2c(C(=O)NC3CCC(c4n[nH]c(=O)c5ccccc45)CC3)cnn2c1. The number of nitrogens with zero attached hydrogens (tertiary/aromatic N) is 3. The van der Waals surface area contributed by atoms with Crippen LogP contribution < -0.4 is 10.9 Å². The van der Waals surface area contributed by atoms with Crippen molar-refractivity contribution < 1.29 is 9.90 Å². The third kappa shape index (κ3) is 4.02. The molecule has 5 rings (SSSR count). The zero-order valence-corrected chi connectivity index (χ0v) is 18.7. The van der Waals surface area contributed by atoms with Crippen LogP contribution in [0.15, 0.2) is 53.6 Å². The zero-order chi connectivity index (χ0) is 23.2. The number of benzene rings is 1. The average molecular weight is 446 g/mol. The summed E-state index contributed by atoms with van der Waals surface area (Å²) in [5, 5.41) is 26.2. The van der Waals surface area contributed by atoms with Crippen LogP contribution in [0.5, 0.6) is 0 Å². The molecule has 33 heavy (non-hydrogen) atoms. The number of rotatable bonds is 4. The van der Waals surface area contributed by atoms with Gasteiger partial charge in [-0.05, 0) is 51.7 Å². The molecule has 8 heteroatoms. The summed E-state index contributed by atoms with van der Waals surface area (Å²) in [7, 11) is 0. The molecule has 1 amide bonds. The largest absolute Gasteiger partial charge is 0.386 e. The predicted octanol–water partition coefficient (Wildman–Crippen LogP) is 3.25. The summed E-state index contributed by atoms with van der Waals surface area (Å²) in [6, 6.07) is 11.3. The number of aromatic amines is 1. The van der Waals surface area contributed by atoms with Crippen LogP contribution in [-0.4, -0.2) is 36.9 Å². The minimum absolute atomic E-state index is 0.0772. The third-order valence-corrected chi connectivity index (χ3v) is 6.64. The molecule has 3 aromatic heterocycles. The first-order valence-corrected chi connectivity index (χ1v) is 11.3. The molecule has 0 saturated heterocycles. The van der Waals surface area contributed by atoms with Crippen molar-refractivity contribution in [1.29, 1.82) is 0 Å². The smallest absolute Gasteiger partial charge is 0.272 e. The molecule has 1 aliphatic rings. The van der Waals surface area contributed by atoms with Gasteiger partial charge in [0.05, 0.1) is 34.0 Å². The van der Waals surface area contributed by atoms with E-state index in [4.69, 9.17) is 0 Å². The Bertz CT molecular complexity index is 1390. The van der Waals surface area contributed by atoms with Gasteiger partial charge in [-0.3, -0.25) is 9.59 Å². The first-order valence-electron chi connectivity index (χ1n) is 11.3. The van der Waals surface area contributed by atoms with Crippen molar-refractivity contribution in [3.05, 3.63) is 76.0 Å². The Balaban J connectivity index is 1.28. The first-order chi connectivity index (χ1) is 15.8. The van der Waals surface area contributed by atoms with Gasteiger partial charge < -0.3 is 10.4 Å². The molecule has 3 N–H and O–H groups in total. The quantitative estimate of drug-likeness (QED) is 0.446. The fraction of sp³-hybridized carbons (Fsp3) is 0.360. The van der Waals surface area contributed by atoms with Crippen LogP contribution in [-0.2, 0) is 5.60 Å². The Labute approximate surface area is 190 Å². The van der Waals surface area contributed by atoms with E-state index in [0.717, 1.165) is 42.3 Å². The van der Waals surface area contributed by atoms with Crippen LogP contribution in [0.25, 0.3) is 16.3 Å². The number of aliphatic hydroxyl groups is 1. The van der Waals surface area contributed by atoms with Crippen LogP contribution in [0.3, 0.4) is 0 Å². The van der Waals surface area contributed by atoms with E-state index < -0.39 is 5.60 Å². The molecule has 0 spiro atoms. The van der Waals surface area contributed by atoms with Crippen molar-refractivity contribution in [2.45, 2.75) is 57.1 Å². The number of aromatic nitrogens is 4. The van der Waals surface area contributed by atoms with Crippen LogP contribution in [0.2, 0.25) is 0 Å². The highest BCUT2D eigenvalue weighted by molar-refractivity contribution is 6.00. The Morgan fingerprint density at radius 2 is 1.85 bits per heavy atom. The van der Waals surface area contributed by atoms with Crippen molar-refractivity contribution in [1.82, 2.24) is 25.1 Å². The number of amides is 1. The lowest BCUT2D eigenvalue weighted by atomic mass is 9.82. The maximum absolute atomic E-state index is 13.0. The second-order valence-corrected chi connectivity index (χ2v) is 9.37. The summed E-state index contributed by atoms with van der Waals surface area (Å²) in [5.74, 6) is 0.106. The number of pyridine rings is 1. The number of H-pyrrole nitrogens is 1. The topological polar surface area (TPSA) is 112 Å². The van der Waals surface area contributed by atoms with Crippen molar-refractivity contribution in [2.24, 2.45) is 0 Å². The molecule has 170 valence electrons. The lowest BCUT2D eigenvalue weighted by Gasteiger charge is -2.29. The summed E-state index contributed by atoms with van der Waals surface area (Å²) in [4.78, 5) is 25.0. The Kier molecular flexibility index (Phi) is 5.25. The molecular formula is C25H27N5O3. The molecule has 8 nitrogen and oxygen atoms in total. The molecule has 0 radical (unpaired) electrons. The number of nitrogens with one attached hydrogen (secondary N) is 2. The summed E-state index contributed by atoms with van der Waals surface area (Å²) in [6.45, 7) is 3.43. The molecule has 0 bridgehead atoms. The van der Waals surface area contributed by atoms with Crippen molar-refractivity contribution in [3.8, 4) is 0 Å². The lowest BCUT2D eigenvalue weighted by Crippen LogP contribution is -2.37. The van der Waals surface area contributed by atoms with Crippen LogP contribution in [0.4, 0.5) is 0 Å². The molecule has 1 fully saturated rings. The van der Waals surface area contributed by atoms with Crippen LogP contribution in [0, 0.1) is 0 Å². The van der Waals surface area contributed by atoms with Crippen molar-refractivity contribution >= 4 is 22.2 Å². The monoisotopic (exact) mass is 445 g/mol. The maximum Gasteiger partial charge on any atom is 0.272 e. The van der Waals surface area contributed by atoms with Gasteiger partial charge in [-0.1, -0.05) is 24.3 Å². The summed E-state index contributed by atoms with van der Waals surface area (Å²) < 4.78 is 1.63. The van der Waals surface area contributed by atoms with Crippen LogP contribution in [0.1, 0.15) is 67.1 Å². The van der Waals surface area contributed by atoms with Gasteiger partial charge in [0.15, 0.2) is 0 Å². The van der Waals surface area contributed by atoms with Crippen LogP contribution >= 0.6 is 0 Å². The average Bonchev–Trinajstić information content (AvgIpc) is 3.23. The first kappa shape index (κ1) is 21.3. The van der Waals surface area contributed by atoms with E-state index in [0.29, 0.717) is 16.5 Å². The van der Waals surface area contributed by atoms with E-state index in [2.05, 4.69) is 20.6 Å². The van der Waals surface area contributed by atoms with E-state index in [-0.39, 0.29) is 23.4 Å². The van der Waals surface area contributed by atoms with Gasteiger partial charge in [0, 0.05) is 29.1 Å². The number of hydrogen-bond acceptors (Lipinski definition) is 5. The minimum Gasteiger partial charge on any atom is -0.386 e. The van der Waals surface area contributed by atoms with E-state index in [9.17, 15) is 14.7 Å². The van der Waals surface area contributed by atoms with E-state index in [1.54, 1.807) is 30.8 Å². The highest BCUT2D eigenvalue weighted by atomic mass is 16.3. The molecule has 1 aromatic carbocycles. The highest BCUT2D eigenvalue weighted by Gasteiger charge is 2.27. The summed E-state index contributed by atoms with van der Waals surface area (Å²) in [6.07, 6.45) is 6.77. The predicted molar refractivity (Wildman–Crippen MR) is 125 cm³/mol. The van der Waals surface area contributed by atoms with Gasteiger partial charge in [0.1, 0.15) is 0 Å². The standard InChI is InChI=1S/C25H27N5O3/c1-25(2,33)16-9-12-21-20(13-26-30(21)14-16)23(31)27-17-10-7-15(8-11-17)22-18-5-3-4-6-19(18)24(32)29-28-22/h3-6,9,12-15,17,33H,7-8,10-11H2,1-2H3,(H,27,31)(H,29,32). The van der Waals surface area contributed by atoms with Gasteiger partial charge in [-0.25, -0.2) is 9.61 Å². The summed E-state index contributed by atoms with van der Waals surface area (Å²) >= 11 is 0.